The lowest BCUT2D eigenvalue weighted by Crippen LogP contribution is -2.31. The van der Waals surface area contributed by atoms with E-state index in [1.807, 2.05) is 30.3 Å². The zero-order valence-electron chi connectivity index (χ0n) is 13.3. The molecule has 4 aromatic rings. The average Bonchev–Trinajstić information content (AvgIpc) is 3.04. The fraction of sp³-hybridized carbons (Fsp3) is 0.111. The van der Waals surface area contributed by atoms with Crippen LogP contribution in [0.2, 0.25) is 0 Å². The molecular weight excluding hydrogens is 336 g/mol. The molecule has 1 atom stereocenters. The molecule has 124 valence electrons. The predicted octanol–water partition coefficient (Wildman–Crippen LogP) is 3.21. The van der Waals surface area contributed by atoms with Gasteiger partial charge in [0.25, 0.3) is 5.56 Å². The van der Waals surface area contributed by atoms with Gasteiger partial charge in [-0.05, 0) is 31.2 Å². The summed E-state index contributed by atoms with van der Waals surface area (Å²) in [6, 6.07) is 14.0. The maximum absolute atomic E-state index is 12.6. The van der Waals surface area contributed by atoms with E-state index in [4.69, 9.17) is 0 Å². The number of nitrogens with one attached hydrogen (secondary N) is 1. The molecule has 0 aliphatic heterocycles. The zero-order valence-corrected chi connectivity index (χ0v) is 14.2. The first-order valence-electron chi connectivity index (χ1n) is 7.76. The van der Waals surface area contributed by atoms with E-state index in [1.165, 1.54) is 22.2 Å². The summed E-state index contributed by atoms with van der Waals surface area (Å²) < 4.78 is 2.33. The van der Waals surface area contributed by atoms with E-state index in [0.717, 1.165) is 10.2 Å². The lowest BCUT2D eigenvalue weighted by Gasteiger charge is -2.14. The minimum Gasteiger partial charge on any atom is -0.300 e. The topological polar surface area (TPSA) is 76.9 Å². The molecule has 2 aromatic heterocycles. The molecule has 0 bridgehead atoms. The largest absolute Gasteiger partial charge is 0.300 e. The van der Waals surface area contributed by atoms with Gasteiger partial charge < -0.3 is 5.32 Å². The summed E-state index contributed by atoms with van der Waals surface area (Å²) in [7, 11) is 0. The number of hydrogen-bond acceptors (Lipinski definition) is 5. The lowest BCUT2D eigenvalue weighted by molar-refractivity contribution is -0.118. The predicted molar refractivity (Wildman–Crippen MR) is 99.0 cm³/mol. The van der Waals surface area contributed by atoms with Crippen LogP contribution in [0, 0.1) is 0 Å². The molecule has 0 radical (unpaired) electrons. The van der Waals surface area contributed by atoms with Crippen molar-refractivity contribution >= 4 is 43.5 Å². The number of aromatic nitrogens is 3. The number of para-hydroxylation sites is 2. The van der Waals surface area contributed by atoms with Gasteiger partial charge in [-0.15, -0.1) is 0 Å². The first-order valence-corrected chi connectivity index (χ1v) is 8.57. The maximum atomic E-state index is 12.6. The Labute approximate surface area is 146 Å². The molecule has 2 heterocycles. The zero-order chi connectivity index (χ0) is 17.4. The third-order valence-corrected chi connectivity index (χ3v) is 4.96. The summed E-state index contributed by atoms with van der Waals surface area (Å²) in [6.45, 7) is 1.67. The van der Waals surface area contributed by atoms with Crippen molar-refractivity contribution in [1.29, 1.82) is 0 Å². The van der Waals surface area contributed by atoms with Crippen molar-refractivity contribution in [3.8, 4) is 0 Å². The van der Waals surface area contributed by atoms with E-state index in [0.29, 0.717) is 16.0 Å². The number of amides is 1. The van der Waals surface area contributed by atoms with Crippen LogP contribution in [0.15, 0.2) is 59.7 Å². The van der Waals surface area contributed by atoms with Crippen molar-refractivity contribution < 1.29 is 4.79 Å². The Hall–Kier alpha value is -3.06. The molecule has 0 saturated carbocycles. The highest BCUT2D eigenvalue weighted by Gasteiger charge is 2.19. The Balaban J connectivity index is 1.64. The van der Waals surface area contributed by atoms with E-state index in [2.05, 4.69) is 15.3 Å². The molecule has 0 spiro atoms. The molecule has 1 amide bonds. The Morgan fingerprint density at radius 2 is 1.84 bits per heavy atom. The van der Waals surface area contributed by atoms with Crippen molar-refractivity contribution in [1.82, 2.24) is 14.5 Å². The van der Waals surface area contributed by atoms with Crippen molar-refractivity contribution in [2.24, 2.45) is 0 Å². The van der Waals surface area contributed by atoms with Gasteiger partial charge in [-0.1, -0.05) is 35.6 Å². The molecular formula is C18H14N4O2S. The SMILES string of the molecule is CC(C(=O)Nc1nc2ccccc2s1)n1cnc2ccccc2c1=O. The maximum Gasteiger partial charge on any atom is 0.261 e. The van der Waals surface area contributed by atoms with Crippen molar-refractivity contribution in [3.05, 3.63) is 65.2 Å². The minimum atomic E-state index is -0.698. The van der Waals surface area contributed by atoms with Crippen LogP contribution in [0.1, 0.15) is 13.0 Å². The second-order valence-electron chi connectivity index (χ2n) is 5.63. The third kappa shape index (κ3) is 2.78. The minimum absolute atomic E-state index is 0.238. The van der Waals surface area contributed by atoms with Gasteiger partial charge in [0.2, 0.25) is 5.91 Å². The molecule has 0 saturated heterocycles. The Bertz CT molecular complexity index is 1120. The van der Waals surface area contributed by atoms with Crippen LogP contribution < -0.4 is 10.9 Å². The van der Waals surface area contributed by atoms with Gasteiger partial charge in [0.15, 0.2) is 5.13 Å². The van der Waals surface area contributed by atoms with Gasteiger partial charge >= 0.3 is 0 Å². The summed E-state index contributed by atoms with van der Waals surface area (Å²) in [5.41, 5.74) is 1.21. The second-order valence-corrected chi connectivity index (χ2v) is 6.66. The quantitative estimate of drug-likeness (QED) is 0.615. The Morgan fingerprint density at radius 3 is 2.64 bits per heavy atom. The van der Waals surface area contributed by atoms with Crippen molar-refractivity contribution in [2.45, 2.75) is 13.0 Å². The smallest absolute Gasteiger partial charge is 0.261 e. The number of nitrogens with zero attached hydrogens (tertiary/aromatic N) is 3. The highest BCUT2D eigenvalue weighted by molar-refractivity contribution is 7.22. The monoisotopic (exact) mass is 350 g/mol. The molecule has 4 rings (SSSR count). The van der Waals surface area contributed by atoms with Gasteiger partial charge in [0.1, 0.15) is 6.04 Å². The van der Waals surface area contributed by atoms with Gasteiger partial charge in [-0.2, -0.15) is 0 Å². The lowest BCUT2D eigenvalue weighted by atomic mass is 10.2. The van der Waals surface area contributed by atoms with Gasteiger partial charge in [0.05, 0.1) is 27.4 Å². The number of benzene rings is 2. The molecule has 2 aromatic carbocycles. The number of carbonyl (C=O) groups is 1. The van der Waals surface area contributed by atoms with Gasteiger partial charge in [-0.3, -0.25) is 14.2 Å². The summed E-state index contributed by atoms with van der Waals surface area (Å²) in [5.74, 6) is -0.307. The van der Waals surface area contributed by atoms with E-state index in [1.54, 1.807) is 25.1 Å². The summed E-state index contributed by atoms with van der Waals surface area (Å²) >= 11 is 1.40. The Morgan fingerprint density at radius 1 is 1.12 bits per heavy atom. The van der Waals surface area contributed by atoms with Crippen LogP contribution >= 0.6 is 11.3 Å². The molecule has 1 N–H and O–H groups in total. The molecule has 0 aliphatic carbocycles. The number of carbonyl (C=O) groups excluding carboxylic acids is 1. The van der Waals surface area contributed by atoms with Crippen LogP contribution in [0.25, 0.3) is 21.1 Å². The molecule has 25 heavy (non-hydrogen) atoms. The van der Waals surface area contributed by atoms with Gasteiger partial charge in [-0.25, -0.2) is 9.97 Å². The van der Waals surface area contributed by atoms with Crippen LogP contribution in [0.4, 0.5) is 5.13 Å². The highest BCUT2D eigenvalue weighted by Crippen LogP contribution is 2.25. The average molecular weight is 350 g/mol. The normalized spacial score (nSPS) is 12.4. The van der Waals surface area contributed by atoms with E-state index in [9.17, 15) is 9.59 Å². The van der Waals surface area contributed by atoms with Crippen LogP contribution in [-0.2, 0) is 4.79 Å². The van der Waals surface area contributed by atoms with Crippen LogP contribution in [0.3, 0.4) is 0 Å². The second kappa shape index (κ2) is 6.10. The number of thiazole rings is 1. The van der Waals surface area contributed by atoms with Gasteiger partial charge in [0, 0.05) is 0 Å². The fourth-order valence-corrected chi connectivity index (χ4v) is 3.49. The number of fused-ring (bicyclic) bond motifs is 2. The van der Waals surface area contributed by atoms with Crippen molar-refractivity contribution in [3.63, 3.8) is 0 Å². The number of rotatable bonds is 3. The molecule has 6 nitrogen and oxygen atoms in total. The first kappa shape index (κ1) is 15.5. The summed E-state index contributed by atoms with van der Waals surface area (Å²) in [5, 5.41) is 3.79. The number of hydrogen-bond donors (Lipinski definition) is 1. The first-order chi connectivity index (χ1) is 12.1. The van der Waals surface area contributed by atoms with E-state index in [-0.39, 0.29) is 11.5 Å². The van der Waals surface area contributed by atoms with Crippen LogP contribution in [0.5, 0.6) is 0 Å². The van der Waals surface area contributed by atoms with Crippen LogP contribution in [-0.4, -0.2) is 20.4 Å². The van der Waals surface area contributed by atoms with E-state index >= 15 is 0 Å². The third-order valence-electron chi connectivity index (χ3n) is 4.01. The fourth-order valence-electron chi connectivity index (χ4n) is 2.62. The van der Waals surface area contributed by atoms with E-state index < -0.39 is 6.04 Å². The summed E-state index contributed by atoms with van der Waals surface area (Å²) in [4.78, 5) is 33.8. The Kier molecular flexibility index (Phi) is 3.77. The molecule has 0 aliphatic rings. The van der Waals surface area contributed by atoms with Crippen molar-refractivity contribution in [2.75, 3.05) is 5.32 Å². The highest BCUT2D eigenvalue weighted by atomic mass is 32.1. The standard InChI is InChI=1S/C18H14N4O2S/c1-11(22-10-19-13-7-3-2-6-12(13)17(22)24)16(23)21-18-20-14-8-4-5-9-15(14)25-18/h2-11H,1H3,(H,20,21,23). The summed E-state index contributed by atoms with van der Waals surface area (Å²) in [6.07, 6.45) is 1.41. The molecule has 7 heteroatoms. The molecule has 0 fully saturated rings. The number of anilines is 1. The molecule has 1 unspecified atom stereocenters.